The van der Waals surface area contributed by atoms with E-state index in [2.05, 4.69) is 21.9 Å². The Morgan fingerprint density at radius 2 is 2.00 bits per heavy atom. The van der Waals surface area contributed by atoms with Crippen LogP contribution in [-0.2, 0) is 22.8 Å². The van der Waals surface area contributed by atoms with Gasteiger partial charge in [-0.3, -0.25) is 11.3 Å². The van der Waals surface area contributed by atoms with Crippen molar-refractivity contribution in [3.05, 3.63) is 48.0 Å². The SMILES string of the molecule is CCn1ccnc1CC(NN)c1ccc(S(C)(=O)=O)cc1. The summed E-state index contributed by atoms with van der Waals surface area (Å²) in [6.07, 6.45) is 5.52. The molecule has 0 fully saturated rings. The third kappa shape index (κ3) is 3.69. The van der Waals surface area contributed by atoms with E-state index in [0.717, 1.165) is 17.9 Å². The molecule has 1 atom stereocenters. The quantitative estimate of drug-likeness (QED) is 0.615. The van der Waals surface area contributed by atoms with Crippen LogP contribution >= 0.6 is 0 Å². The Hall–Kier alpha value is -1.70. The number of nitrogens with one attached hydrogen (secondary N) is 1. The topological polar surface area (TPSA) is 90.0 Å². The predicted molar refractivity (Wildman–Crippen MR) is 81.2 cm³/mol. The Morgan fingerprint density at radius 1 is 1.33 bits per heavy atom. The van der Waals surface area contributed by atoms with Crippen LogP contribution in [0.2, 0.25) is 0 Å². The first-order valence-corrected chi connectivity index (χ1v) is 8.61. The van der Waals surface area contributed by atoms with Crippen molar-refractivity contribution in [3.8, 4) is 0 Å². The van der Waals surface area contributed by atoms with Gasteiger partial charge in [0.05, 0.1) is 10.9 Å². The third-order valence-corrected chi connectivity index (χ3v) is 4.57. The summed E-state index contributed by atoms with van der Waals surface area (Å²) < 4.78 is 25.0. The van der Waals surface area contributed by atoms with Gasteiger partial charge in [-0.15, -0.1) is 0 Å². The molecule has 1 unspecified atom stereocenters. The van der Waals surface area contributed by atoms with Gasteiger partial charge in [-0.05, 0) is 24.6 Å². The summed E-state index contributed by atoms with van der Waals surface area (Å²) in [4.78, 5) is 4.63. The number of hydrazine groups is 1. The third-order valence-electron chi connectivity index (χ3n) is 3.44. The van der Waals surface area contributed by atoms with Crippen molar-refractivity contribution < 1.29 is 8.42 Å². The summed E-state index contributed by atoms with van der Waals surface area (Å²) in [5.74, 6) is 6.57. The molecule has 21 heavy (non-hydrogen) atoms. The molecule has 1 aromatic heterocycles. The maximum atomic E-state index is 11.5. The van der Waals surface area contributed by atoms with E-state index < -0.39 is 9.84 Å². The van der Waals surface area contributed by atoms with Crippen molar-refractivity contribution in [1.82, 2.24) is 15.0 Å². The van der Waals surface area contributed by atoms with Gasteiger partial charge < -0.3 is 4.57 Å². The summed E-state index contributed by atoms with van der Waals surface area (Å²) in [6, 6.07) is 6.63. The summed E-state index contributed by atoms with van der Waals surface area (Å²) in [5, 5.41) is 0. The first-order valence-electron chi connectivity index (χ1n) is 6.72. The van der Waals surface area contributed by atoms with Gasteiger partial charge in [0.1, 0.15) is 5.82 Å². The number of hydrogen-bond acceptors (Lipinski definition) is 5. The minimum Gasteiger partial charge on any atom is -0.335 e. The minimum absolute atomic E-state index is 0.119. The number of benzene rings is 1. The highest BCUT2D eigenvalue weighted by molar-refractivity contribution is 7.90. The van der Waals surface area contributed by atoms with Crippen LogP contribution < -0.4 is 11.3 Å². The molecule has 0 aliphatic carbocycles. The molecule has 0 saturated heterocycles. The largest absolute Gasteiger partial charge is 0.335 e. The fourth-order valence-electron chi connectivity index (χ4n) is 2.22. The molecule has 7 heteroatoms. The molecule has 1 aromatic carbocycles. The van der Waals surface area contributed by atoms with Gasteiger partial charge in [0.2, 0.25) is 0 Å². The lowest BCUT2D eigenvalue weighted by Gasteiger charge is -2.17. The smallest absolute Gasteiger partial charge is 0.175 e. The van der Waals surface area contributed by atoms with Crippen molar-refractivity contribution in [2.75, 3.05) is 6.26 Å². The van der Waals surface area contributed by atoms with E-state index in [-0.39, 0.29) is 6.04 Å². The Bertz CT molecular complexity index is 692. The van der Waals surface area contributed by atoms with Crippen LogP contribution in [0.25, 0.3) is 0 Å². The number of nitrogens with two attached hydrogens (primary N) is 1. The number of hydrogen-bond donors (Lipinski definition) is 2. The van der Waals surface area contributed by atoms with Crippen LogP contribution in [0.5, 0.6) is 0 Å². The van der Waals surface area contributed by atoms with Crippen molar-refractivity contribution in [2.24, 2.45) is 5.84 Å². The molecule has 0 aliphatic rings. The molecule has 0 aliphatic heterocycles. The average Bonchev–Trinajstić information content (AvgIpc) is 2.91. The van der Waals surface area contributed by atoms with Crippen LogP contribution in [0.4, 0.5) is 0 Å². The van der Waals surface area contributed by atoms with Gasteiger partial charge in [-0.2, -0.15) is 0 Å². The number of rotatable bonds is 6. The summed E-state index contributed by atoms with van der Waals surface area (Å²) in [7, 11) is -3.18. The van der Waals surface area contributed by atoms with Crippen molar-refractivity contribution in [1.29, 1.82) is 0 Å². The van der Waals surface area contributed by atoms with Gasteiger partial charge in [0, 0.05) is 31.6 Å². The molecule has 0 radical (unpaired) electrons. The molecule has 2 aromatic rings. The molecule has 3 N–H and O–H groups in total. The Labute approximate surface area is 124 Å². The van der Waals surface area contributed by atoms with E-state index in [0.29, 0.717) is 11.3 Å². The van der Waals surface area contributed by atoms with Crippen LogP contribution in [0.15, 0.2) is 41.6 Å². The number of aromatic nitrogens is 2. The summed E-state index contributed by atoms with van der Waals surface area (Å²) in [5.41, 5.74) is 3.69. The lowest BCUT2D eigenvalue weighted by Crippen LogP contribution is -2.30. The highest BCUT2D eigenvalue weighted by atomic mass is 32.2. The highest BCUT2D eigenvalue weighted by Crippen LogP contribution is 2.19. The maximum absolute atomic E-state index is 11.5. The monoisotopic (exact) mass is 308 g/mol. The zero-order valence-electron chi connectivity index (χ0n) is 12.2. The molecular weight excluding hydrogens is 288 g/mol. The van der Waals surface area contributed by atoms with Gasteiger partial charge in [0.25, 0.3) is 0 Å². The molecule has 0 amide bonds. The molecular formula is C14H20N4O2S. The zero-order chi connectivity index (χ0) is 15.5. The standard InChI is InChI=1S/C14H20N4O2S/c1-3-18-9-8-16-14(18)10-13(17-15)11-4-6-12(7-5-11)21(2,19)20/h4-9,13,17H,3,10,15H2,1-2H3. The van der Waals surface area contributed by atoms with E-state index in [4.69, 9.17) is 5.84 Å². The van der Waals surface area contributed by atoms with E-state index >= 15 is 0 Å². The Balaban J connectivity index is 2.22. The first-order chi connectivity index (χ1) is 9.95. The molecule has 2 rings (SSSR count). The molecule has 1 heterocycles. The van der Waals surface area contributed by atoms with Crippen molar-refractivity contribution in [3.63, 3.8) is 0 Å². The molecule has 0 saturated carbocycles. The number of aryl methyl sites for hydroxylation is 1. The lowest BCUT2D eigenvalue weighted by molar-refractivity contribution is 0.523. The predicted octanol–water partition coefficient (Wildman–Crippen LogP) is 1.05. The van der Waals surface area contributed by atoms with Gasteiger partial charge in [-0.1, -0.05) is 12.1 Å². The van der Waals surface area contributed by atoms with Gasteiger partial charge in [-0.25, -0.2) is 13.4 Å². The summed E-state index contributed by atoms with van der Waals surface area (Å²) in [6.45, 7) is 2.90. The van der Waals surface area contributed by atoms with Crippen LogP contribution in [-0.4, -0.2) is 24.2 Å². The normalized spacial score (nSPS) is 13.3. The van der Waals surface area contributed by atoms with Gasteiger partial charge in [0.15, 0.2) is 9.84 Å². The number of sulfone groups is 1. The van der Waals surface area contributed by atoms with Crippen LogP contribution in [0.3, 0.4) is 0 Å². The van der Waals surface area contributed by atoms with Crippen molar-refractivity contribution in [2.45, 2.75) is 30.8 Å². The second kappa shape index (κ2) is 6.38. The maximum Gasteiger partial charge on any atom is 0.175 e. The van der Waals surface area contributed by atoms with Gasteiger partial charge >= 0.3 is 0 Å². The lowest BCUT2D eigenvalue weighted by atomic mass is 10.0. The van der Waals surface area contributed by atoms with E-state index in [9.17, 15) is 8.42 Å². The van der Waals surface area contributed by atoms with Crippen LogP contribution in [0, 0.1) is 0 Å². The second-order valence-corrected chi connectivity index (χ2v) is 6.91. The fraction of sp³-hybridized carbons (Fsp3) is 0.357. The number of imidazole rings is 1. The minimum atomic E-state index is -3.18. The molecule has 0 bridgehead atoms. The number of nitrogens with zero attached hydrogens (tertiary/aromatic N) is 2. The van der Waals surface area contributed by atoms with E-state index in [1.807, 2.05) is 6.20 Å². The second-order valence-electron chi connectivity index (χ2n) is 4.89. The molecule has 6 nitrogen and oxygen atoms in total. The van der Waals surface area contributed by atoms with Crippen molar-refractivity contribution >= 4 is 9.84 Å². The summed E-state index contributed by atoms with van der Waals surface area (Å²) >= 11 is 0. The highest BCUT2D eigenvalue weighted by Gasteiger charge is 2.15. The fourth-order valence-corrected chi connectivity index (χ4v) is 2.85. The molecule has 0 spiro atoms. The van der Waals surface area contributed by atoms with E-state index in [1.165, 1.54) is 6.26 Å². The molecule has 114 valence electrons. The Morgan fingerprint density at radius 3 is 2.52 bits per heavy atom. The average molecular weight is 308 g/mol. The first kappa shape index (κ1) is 15.7. The van der Waals surface area contributed by atoms with Crippen LogP contribution in [0.1, 0.15) is 24.4 Å². The Kier molecular flexibility index (Phi) is 4.76. The zero-order valence-corrected chi connectivity index (χ0v) is 13.0. The van der Waals surface area contributed by atoms with E-state index in [1.54, 1.807) is 30.5 Å².